The molecule has 1 aliphatic rings. The lowest BCUT2D eigenvalue weighted by Crippen LogP contribution is -2.34. The maximum atomic E-state index is 11.9. The fraction of sp³-hybridized carbons (Fsp3) is 0.467. The predicted molar refractivity (Wildman–Crippen MR) is 80.0 cm³/mol. The zero-order chi connectivity index (χ0) is 15.2. The van der Waals surface area contributed by atoms with Crippen molar-refractivity contribution in [1.29, 1.82) is 0 Å². The first-order chi connectivity index (χ1) is 10.1. The molecule has 21 heavy (non-hydrogen) atoms. The highest BCUT2D eigenvalue weighted by atomic mass is 16.2. The van der Waals surface area contributed by atoms with Gasteiger partial charge >= 0.3 is 0 Å². The maximum absolute atomic E-state index is 11.9. The lowest BCUT2D eigenvalue weighted by atomic mass is 10.0. The molecule has 2 amide bonds. The summed E-state index contributed by atoms with van der Waals surface area (Å²) in [6.07, 6.45) is 1.22. The van der Waals surface area contributed by atoms with Crippen molar-refractivity contribution < 1.29 is 9.59 Å². The molecule has 1 aromatic carbocycles. The Kier molecular flexibility index (Phi) is 5.30. The van der Waals surface area contributed by atoms with E-state index in [-0.39, 0.29) is 18.2 Å². The van der Waals surface area contributed by atoms with Crippen LogP contribution in [0.3, 0.4) is 0 Å². The molecule has 0 atom stereocenters. The van der Waals surface area contributed by atoms with Crippen LogP contribution in [-0.4, -0.2) is 48.3 Å². The Morgan fingerprint density at radius 3 is 2.71 bits per heavy atom. The predicted octanol–water partition coefficient (Wildman–Crippen LogP) is -0.117. The van der Waals surface area contributed by atoms with Gasteiger partial charge in [-0.2, -0.15) is 0 Å². The van der Waals surface area contributed by atoms with Gasteiger partial charge in [0, 0.05) is 26.7 Å². The number of carbonyl (C=O) groups excluding carboxylic acids is 2. The SMILES string of the molecule is CN1CCCN(Cc2ccccc2CC(=O)NN)CC1=O. The molecule has 3 N–H and O–H groups in total. The number of hydrazine groups is 1. The number of likely N-dealkylation sites (N-methyl/N-ethyl adjacent to an activating group) is 1. The van der Waals surface area contributed by atoms with Gasteiger partial charge in [0.1, 0.15) is 0 Å². The average molecular weight is 290 g/mol. The van der Waals surface area contributed by atoms with Crippen molar-refractivity contribution in [3.05, 3.63) is 35.4 Å². The molecule has 0 aliphatic carbocycles. The fourth-order valence-electron chi connectivity index (χ4n) is 2.53. The molecular formula is C15H22N4O2. The smallest absolute Gasteiger partial charge is 0.238 e. The number of nitrogens with two attached hydrogens (primary N) is 1. The minimum absolute atomic E-state index is 0.143. The molecule has 1 heterocycles. The monoisotopic (exact) mass is 290 g/mol. The van der Waals surface area contributed by atoms with Crippen LogP contribution in [0.5, 0.6) is 0 Å². The Morgan fingerprint density at radius 2 is 2.00 bits per heavy atom. The van der Waals surface area contributed by atoms with Crippen molar-refractivity contribution in [2.45, 2.75) is 19.4 Å². The molecule has 2 rings (SSSR count). The van der Waals surface area contributed by atoms with E-state index >= 15 is 0 Å². The normalized spacial score (nSPS) is 16.7. The minimum atomic E-state index is -0.214. The van der Waals surface area contributed by atoms with Gasteiger partial charge in [0.05, 0.1) is 13.0 Å². The summed E-state index contributed by atoms with van der Waals surface area (Å²) in [7, 11) is 1.84. The van der Waals surface area contributed by atoms with Gasteiger partial charge < -0.3 is 4.90 Å². The van der Waals surface area contributed by atoms with E-state index in [9.17, 15) is 9.59 Å². The fourth-order valence-corrected chi connectivity index (χ4v) is 2.53. The number of amides is 2. The summed E-state index contributed by atoms with van der Waals surface area (Å²) in [6, 6.07) is 7.78. The number of rotatable bonds is 4. The van der Waals surface area contributed by atoms with Crippen molar-refractivity contribution in [3.63, 3.8) is 0 Å². The van der Waals surface area contributed by atoms with Crippen molar-refractivity contribution >= 4 is 11.8 Å². The van der Waals surface area contributed by atoms with E-state index in [1.165, 1.54) is 0 Å². The minimum Gasteiger partial charge on any atom is -0.345 e. The summed E-state index contributed by atoms with van der Waals surface area (Å²) >= 11 is 0. The van der Waals surface area contributed by atoms with Gasteiger partial charge in [-0.1, -0.05) is 24.3 Å². The third-order valence-corrected chi connectivity index (χ3v) is 3.78. The third-order valence-electron chi connectivity index (χ3n) is 3.78. The van der Waals surface area contributed by atoms with Crippen LogP contribution in [0, 0.1) is 0 Å². The average Bonchev–Trinajstić information content (AvgIpc) is 2.63. The zero-order valence-corrected chi connectivity index (χ0v) is 12.3. The van der Waals surface area contributed by atoms with Crippen LogP contribution in [-0.2, 0) is 22.6 Å². The van der Waals surface area contributed by atoms with Crippen molar-refractivity contribution in [1.82, 2.24) is 15.2 Å². The molecule has 0 spiro atoms. The van der Waals surface area contributed by atoms with Crippen LogP contribution in [0.15, 0.2) is 24.3 Å². The topological polar surface area (TPSA) is 78.7 Å². The number of hydrogen-bond acceptors (Lipinski definition) is 4. The van der Waals surface area contributed by atoms with E-state index in [1.54, 1.807) is 4.90 Å². The van der Waals surface area contributed by atoms with Gasteiger partial charge in [0.25, 0.3) is 0 Å². The van der Waals surface area contributed by atoms with Crippen LogP contribution in [0.25, 0.3) is 0 Å². The highest BCUT2D eigenvalue weighted by Crippen LogP contribution is 2.14. The standard InChI is InChI=1S/C15H22N4O2/c1-18-7-4-8-19(11-15(18)21)10-13-6-3-2-5-12(13)9-14(20)17-16/h2-3,5-6H,4,7-11,16H2,1H3,(H,17,20). The van der Waals surface area contributed by atoms with Crippen LogP contribution >= 0.6 is 0 Å². The number of nitrogens with one attached hydrogen (secondary N) is 1. The number of benzene rings is 1. The number of nitrogens with zero attached hydrogens (tertiary/aromatic N) is 2. The molecule has 114 valence electrons. The van der Waals surface area contributed by atoms with Gasteiger partial charge in [-0.05, 0) is 17.5 Å². The maximum Gasteiger partial charge on any atom is 0.238 e. The third kappa shape index (κ3) is 4.27. The van der Waals surface area contributed by atoms with E-state index < -0.39 is 0 Å². The molecule has 0 bridgehead atoms. The van der Waals surface area contributed by atoms with Crippen LogP contribution in [0.2, 0.25) is 0 Å². The summed E-state index contributed by atoms with van der Waals surface area (Å²) in [5, 5.41) is 0. The highest BCUT2D eigenvalue weighted by molar-refractivity contribution is 5.79. The second-order valence-electron chi connectivity index (χ2n) is 5.39. The quantitative estimate of drug-likeness (QED) is 0.460. The summed E-state index contributed by atoms with van der Waals surface area (Å²) < 4.78 is 0. The summed E-state index contributed by atoms with van der Waals surface area (Å²) in [6.45, 7) is 2.78. The van der Waals surface area contributed by atoms with Crippen molar-refractivity contribution in [2.75, 3.05) is 26.7 Å². The van der Waals surface area contributed by atoms with Crippen LogP contribution in [0.1, 0.15) is 17.5 Å². The van der Waals surface area contributed by atoms with Crippen molar-refractivity contribution in [2.24, 2.45) is 5.84 Å². The highest BCUT2D eigenvalue weighted by Gasteiger charge is 2.19. The van der Waals surface area contributed by atoms with Gasteiger partial charge in [-0.3, -0.25) is 19.9 Å². The van der Waals surface area contributed by atoms with Gasteiger partial charge in [-0.15, -0.1) is 0 Å². The summed E-state index contributed by atoms with van der Waals surface area (Å²) in [5.74, 6) is 5.08. The Labute approximate surface area is 124 Å². The largest absolute Gasteiger partial charge is 0.345 e. The van der Waals surface area contributed by atoms with Crippen molar-refractivity contribution in [3.8, 4) is 0 Å². The Hall–Kier alpha value is -1.92. The zero-order valence-electron chi connectivity index (χ0n) is 12.3. The Morgan fingerprint density at radius 1 is 1.29 bits per heavy atom. The molecule has 0 saturated carbocycles. The van der Waals surface area contributed by atoms with Crippen LogP contribution < -0.4 is 11.3 Å². The van der Waals surface area contributed by atoms with Crippen LogP contribution in [0.4, 0.5) is 0 Å². The number of carbonyl (C=O) groups is 2. The number of hydrogen-bond donors (Lipinski definition) is 2. The molecule has 1 aliphatic heterocycles. The molecule has 1 aromatic rings. The molecule has 1 fully saturated rings. The first kappa shape index (κ1) is 15.5. The lowest BCUT2D eigenvalue weighted by molar-refractivity contribution is -0.130. The summed E-state index contributed by atoms with van der Waals surface area (Å²) in [5.41, 5.74) is 4.17. The Balaban J connectivity index is 2.08. The second-order valence-corrected chi connectivity index (χ2v) is 5.39. The van der Waals surface area contributed by atoms with Gasteiger partial charge in [0.15, 0.2) is 0 Å². The van der Waals surface area contributed by atoms with E-state index in [4.69, 9.17) is 5.84 Å². The summed E-state index contributed by atoms with van der Waals surface area (Å²) in [4.78, 5) is 27.3. The molecule has 0 aromatic heterocycles. The molecule has 6 heteroatoms. The van der Waals surface area contributed by atoms with E-state index in [0.717, 1.165) is 30.6 Å². The first-order valence-electron chi connectivity index (χ1n) is 7.12. The Bertz CT molecular complexity index is 518. The molecule has 0 radical (unpaired) electrons. The molecule has 0 unspecified atom stereocenters. The van der Waals surface area contributed by atoms with E-state index in [1.807, 2.05) is 31.3 Å². The van der Waals surface area contributed by atoms with Gasteiger partial charge in [-0.25, -0.2) is 5.84 Å². The molecular weight excluding hydrogens is 268 g/mol. The molecule has 6 nitrogen and oxygen atoms in total. The second kappa shape index (κ2) is 7.19. The van der Waals surface area contributed by atoms with E-state index in [2.05, 4.69) is 10.3 Å². The lowest BCUT2D eigenvalue weighted by Gasteiger charge is -2.21. The van der Waals surface area contributed by atoms with E-state index in [0.29, 0.717) is 13.1 Å². The first-order valence-corrected chi connectivity index (χ1v) is 7.12. The van der Waals surface area contributed by atoms with Gasteiger partial charge in [0.2, 0.25) is 11.8 Å². The molecule has 1 saturated heterocycles.